The lowest BCUT2D eigenvalue weighted by Crippen LogP contribution is -2.46. The first-order valence-electron chi connectivity index (χ1n) is 4.79. The third-order valence-electron chi connectivity index (χ3n) is 2.29. The van der Waals surface area contributed by atoms with E-state index >= 15 is 0 Å². The predicted molar refractivity (Wildman–Crippen MR) is 60.3 cm³/mol. The third kappa shape index (κ3) is 2.91. The summed E-state index contributed by atoms with van der Waals surface area (Å²) < 4.78 is 0. The number of nitrogens with zero attached hydrogens (tertiary/aromatic N) is 2. The second kappa shape index (κ2) is 5.68. The number of rotatable bonds is 1. The summed E-state index contributed by atoms with van der Waals surface area (Å²) in [7, 11) is 0. The molecule has 1 aromatic heterocycles. The summed E-state index contributed by atoms with van der Waals surface area (Å²) in [5.41, 5.74) is 0.536. The molecule has 1 amide bonds. The third-order valence-corrected chi connectivity index (χ3v) is 2.29. The van der Waals surface area contributed by atoms with Crippen LogP contribution in [0.5, 0.6) is 0 Å². The molecule has 4 nitrogen and oxygen atoms in total. The number of aromatic nitrogens is 1. The molecule has 1 aliphatic rings. The molecule has 1 aromatic rings. The molecule has 0 aliphatic carbocycles. The summed E-state index contributed by atoms with van der Waals surface area (Å²) in [4.78, 5) is 17.7. The highest BCUT2D eigenvalue weighted by Gasteiger charge is 2.17. The molecule has 1 N–H and O–H groups in total. The summed E-state index contributed by atoms with van der Waals surface area (Å²) in [5, 5.41) is 3.21. The van der Waals surface area contributed by atoms with Gasteiger partial charge in [0.25, 0.3) is 5.91 Å². The van der Waals surface area contributed by atoms with Gasteiger partial charge in [-0.25, -0.2) is 0 Å². The lowest BCUT2D eigenvalue weighted by molar-refractivity contribution is 0.0730. The van der Waals surface area contributed by atoms with Gasteiger partial charge in [0, 0.05) is 32.4 Å². The zero-order chi connectivity index (χ0) is 9.80. The van der Waals surface area contributed by atoms with Crippen molar-refractivity contribution >= 4 is 18.3 Å². The highest BCUT2D eigenvalue weighted by atomic mass is 35.5. The monoisotopic (exact) mass is 227 g/mol. The van der Waals surface area contributed by atoms with Crippen molar-refractivity contribution in [3.8, 4) is 0 Å². The van der Waals surface area contributed by atoms with Gasteiger partial charge in [-0.3, -0.25) is 9.78 Å². The van der Waals surface area contributed by atoms with Crippen molar-refractivity contribution in [3.63, 3.8) is 0 Å². The standard InChI is InChI=1S/C10H13N3O.ClH/c14-10(9-3-1-2-4-12-9)13-7-5-11-6-8-13;/h1-4,11H,5-8H2;1H. The zero-order valence-electron chi connectivity index (χ0n) is 8.35. The molecule has 0 aromatic carbocycles. The van der Waals surface area contributed by atoms with E-state index in [0.717, 1.165) is 26.2 Å². The van der Waals surface area contributed by atoms with Crippen LogP contribution in [0.15, 0.2) is 24.4 Å². The summed E-state index contributed by atoms with van der Waals surface area (Å²) in [6.07, 6.45) is 1.65. The van der Waals surface area contributed by atoms with Crippen molar-refractivity contribution in [3.05, 3.63) is 30.1 Å². The molecule has 82 valence electrons. The van der Waals surface area contributed by atoms with Gasteiger partial charge in [0.1, 0.15) is 5.69 Å². The maximum Gasteiger partial charge on any atom is 0.272 e. The fourth-order valence-corrected chi connectivity index (χ4v) is 1.52. The van der Waals surface area contributed by atoms with Gasteiger partial charge in [-0.05, 0) is 12.1 Å². The van der Waals surface area contributed by atoms with E-state index in [-0.39, 0.29) is 18.3 Å². The molecule has 0 unspecified atom stereocenters. The Morgan fingerprint density at radius 2 is 2.07 bits per heavy atom. The SMILES string of the molecule is Cl.O=C(c1ccccn1)N1CCNCC1. The van der Waals surface area contributed by atoms with E-state index in [4.69, 9.17) is 0 Å². The van der Waals surface area contributed by atoms with Crippen molar-refractivity contribution in [2.75, 3.05) is 26.2 Å². The Hall–Kier alpha value is -1.13. The van der Waals surface area contributed by atoms with Crippen LogP contribution >= 0.6 is 12.4 Å². The quantitative estimate of drug-likeness (QED) is 0.762. The van der Waals surface area contributed by atoms with Gasteiger partial charge in [0.15, 0.2) is 0 Å². The minimum atomic E-state index is 0. The van der Waals surface area contributed by atoms with Crippen LogP contribution in [0, 0.1) is 0 Å². The zero-order valence-corrected chi connectivity index (χ0v) is 9.17. The van der Waals surface area contributed by atoms with E-state index < -0.39 is 0 Å². The first-order chi connectivity index (χ1) is 6.88. The molecule has 1 aliphatic heterocycles. The van der Waals surface area contributed by atoms with Crippen LogP contribution in [0.1, 0.15) is 10.5 Å². The Kier molecular flexibility index (Phi) is 4.52. The minimum absolute atomic E-state index is 0. The number of hydrogen-bond acceptors (Lipinski definition) is 3. The van der Waals surface area contributed by atoms with E-state index in [1.807, 2.05) is 17.0 Å². The molecular weight excluding hydrogens is 214 g/mol. The Bertz CT molecular complexity index is 312. The molecule has 2 heterocycles. The molecule has 0 radical (unpaired) electrons. The summed E-state index contributed by atoms with van der Waals surface area (Å²) in [5.74, 6) is 0.0344. The summed E-state index contributed by atoms with van der Waals surface area (Å²) >= 11 is 0. The Balaban J connectivity index is 0.00000112. The first kappa shape index (κ1) is 11.9. The number of carbonyl (C=O) groups is 1. The molecular formula is C10H14ClN3O. The average molecular weight is 228 g/mol. The molecule has 5 heteroatoms. The normalized spacial score (nSPS) is 15.6. The van der Waals surface area contributed by atoms with Crippen LogP contribution in [0.3, 0.4) is 0 Å². The van der Waals surface area contributed by atoms with Gasteiger partial charge in [-0.1, -0.05) is 6.07 Å². The number of halogens is 1. The van der Waals surface area contributed by atoms with Gasteiger partial charge >= 0.3 is 0 Å². The maximum atomic E-state index is 11.8. The van der Waals surface area contributed by atoms with Gasteiger partial charge in [0.05, 0.1) is 0 Å². The molecule has 0 spiro atoms. The van der Waals surface area contributed by atoms with Crippen molar-refractivity contribution < 1.29 is 4.79 Å². The second-order valence-electron chi connectivity index (χ2n) is 3.26. The van der Waals surface area contributed by atoms with E-state index in [2.05, 4.69) is 10.3 Å². The number of nitrogens with one attached hydrogen (secondary N) is 1. The number of hydrogen-bond donors (Lipinski definition) is 1. The first-order valence-corrected chi connectivity index (χ1v) is 4.79. The minimum Gasteiger partial charge on any atom is -0.335 e. The van der Waals surface area contributed by atoms with Crippen molar-refractivity contribution in [1.29, 1.82) is 0 Å². The van der Waals surface area contributed by atoms with E-state index in [1.54, 1.807) is 12.3 Å². The van der Waals surface area contributed by atoms with Crippen LogP contribution in [-0.2, 0) is 0 Å². The Morgan fingerprint density at radius 3 is 2.67 bits per heavy atom. The topological polar surface area (TPSA) is 45.2 Å². The lowest BCUT2D eigenvalue weighted by Gasteiger charge is -2.26. The number of piperazine rings is 1. The second-order valence-corrected chi connectivity index (χ2v) is 3.26. The molecule has 0 atom stereocenters. The molecule has 2 rings (SSSR count). The van der Waals surface area contributed by atoms with E-state index in [9.17, 15) is 4.79 Å². The van der Waals surface area contributed by atoms with Crippen molar-refractivity contribution in [2.24, 2.45) is 0 Å². The predicted octanol–water partition coefficient (Wildman–Crippen LogP) is 0.549. The molecule has 15 heavy (non-hydrogen) atoms. The summed E-state index contributed by atoms with van der Waals surface area (Å²) in [6, 6.07) is 5.40. The smallest absolute Gasteiger partial charge is 0.272 e. The Morgan fingerprint density at radius 1 is 1.33 bits per heavy atom. The highest BCUT2D eigenvalue weighted by molar-refractivity contribution is 5.92. The van der Waals surface area contributed by atoms with Crippen LogP contribution in [0.25, 0.3) is 0 Å². The van der Waals surface area contributed by atoms with Crippen LogP contribution in [0.2, 0.25) is 0 Å². The van der Waals surface area contributed by atoms with Crippen molar-refractivity contribution in [1.82, 2.24) is 15.2 Å². The molecule has 1 fully saturated rings. The van der Waals surface area contributed by atoms with E-state index in [0.29, 0.717) is 5.69 Å². The fraction of sp³-hybridized carbons (Fsp3) is 0.400. The van der Waals surface area contributed by atoms with E-state index in [1.165, 1.54) is 0 Å². The van der Waals surface area contributed by atoms with Crippen LogP contribution in [-0.4, -0.2) is 42.0 Å². The summed E-state index contributed by atoms with van der Waals surface area (Å²) in [6.45, 7) is 3.29. The number of amides is 1. The molecule has 0 saturated carbocycles. The van der Waals surface area contributed by atoms with Gasteiger partial charge in [-0.15, -0.1) is 12.4 Å². The largest absolute Gasteiger partial charge is 0.335 e. The van der Waals surface area contributed by atoms with Gasteiger partial charge in [0.2, 0.25) is 0 Å². The van der Waals surface area contributed by atoms with Crippen LogP contribution < -0.4 is 5.32 Å². The molecule has 1 saturated heterocycles. The Labute approximate surface area is 95.1 Å². The van der Waals surface area contributed by atoms with Crippen molar-refractivity contribution in [2.45, 2.75) is 0 Å². The van der Waals surface area contributed by atoms with Gasteiger partial charge in [-0.2, -0.15) is 0 Å². The fourth-order valence-electron chi connectivity index (χ4n) is 1.52. The van der Waals surface area contributed by atoms with Crippen LogP contribution in [0.4, 0.5) is 0 Å². The number of pyridine rings is 1. The van der Waals surface area contributed by atoms with Gasteiger partial charge < -0.3 is 10.2 Å². The molecule has 0 bridgehead atoms. The average Bonchev–Trinajstić information content (AvgIpc) is 2.30. The highest BCUT2D eigenvalue weighted by Crippen LogP contribution is 2.02. The lowest BCUT2D eigenvalue weighted by atomic mass is 10.3. The number of carbonyl (C=O) groups excluding carboxylic acids is 1. The maximum absolute atomic E-state index is 11.8.